The topological polar surface area (TPSA) is 84.1 Å². The first kappa shape index (κ1) is 21.6. The number of furan rings is 1. The molecule has 2 amide bonds. The number of thioether (sulfide) groups is 1. The molecule has 7 nitrogen and oxygen atoms in total. The number of benzene rings is 2. The van der Waals surface area contributed by atoms with Crippen LogP contribution in [-0.4, -0.2) is 34.2 Å². The fourth-order valence-corrected chi connectivity index (χ4v) is 4.33. The molecule has 164 valence electrons. The van der Waals surface area contributed by atoms with Crippen molar-refractivity contribution in [3.8, 4) is 5.75 Å². The van der Waals surface area contributed by atoms with Crippen LogP contribution in [0.2, 0.25) is 0 Å². The van der Waals surface area contributed by atoms with E-state index < -0.39 is 5.25 Å². The van der Waals surface area contributed by atoms with E-state index in [1.54, 1.807) is 36.4 Å². The van der Waals surface area contributed by atoms with Gasteiger partial charge in [0, 0.05) is 6.42 Å². The molecule has 1 unspecified atom stereocenters. The van der Waals surface area contributed by atoms with E-state index in [1.165, 1.54) is 54.3 Å². The van der Waals surface area contributed by atoms with E-state index in [-0.39, 0.29) is 30.6 Å². The fraction of sp³-hybridized carbons (Fsp3) is 0.174. The quantitative estimate of drug-likeness (QED) is 0.566. The summed E-state index contributed by atoms with van der Waals surface area (Å²) in [5, 5.41) is 2.56. The molecular formula is C23H20FN3O4S. The summed E-state index contributed by atoms with van der Waals surface area (Å²) in [6.07, 6.45) is 1.48. The Bertz CT molecular complexity index is 1130. The number of methoxy groups -OCH3 is 1. The zero-order valence-corrected chi connectivity index (χ0v) is 18.0. The second kappa shape index (κ2) is 9.69. The van der Waals surface area contributed by atoms with Gasteiger partial charge < -0.3 is 14.5 Å². The molecule has 1 fully saturated rings. The number of hydrogen-bond acceptors (Lipinski definition) is 6. The van der Waals surface area contributed by atoms with Gasteiger partial charge in [-0.15, -0.1) is 0 Å². The normalized spacial score (nSPS) is 17.1. The summed E-state index contributed by atoms with van der Waals surface area (Å²) in [5.41, 5.74) is 1.04. The summed E-state index contributed by atoms with van der Waals surface area (Å²) in [4.78, 5) is 31.8. The SMILES string of the molecule is COc1ccccc1NC(=O)CC1SC(=Nc2ccc(F)cc2)N(Cc2ccco2)C1=O. The summed E-state index contributed by atoms with van der Waals surface area (Å²) in [6.45, 7) is 0.184. The first-order valence-corrected chi connectivity index (χ1v) is 10.7. The van der Waals surface area contributed by atoms with E-state index in [1.807, 2.05) is 0 Å². The molecule has 0 aliphatic carbocycles. The number of para-hydroxylation sites is 2. The van der Waals surface area contributed by atoms with Crippen molar-refractivity contribution in [3.63, 3.8) is 0 Å². The van der Waals surface area contributed by atoms with E-state index in [0.717, 1.165) is 0 Å². The van der Waals surface area contributed by atoms with E-state index in [0.29, 0.717) is 28.1 Å². The minimum atomic E-state index is -0.654. The number of nitrogens with zero attached hydrogens (tertiary/aromatic N) is 2. The minimum absolute atomic E-state index is 0.0430. The van der Waals surface area contributed by atoms with Crippen molar-refractivity contribution >= 4 is 40.1 Å². The van der Waals surface area contributed by atoms with Gasteiger partial charge >= 0.3 is 0 Å². The molecule has 4 rings (SSSR count). The van der Waals surface area contributed by atoms with E-state index in [2.05, 4.69) is 10.3 Å². The van der Waals surface area contributed by atoms with Gasteiger partial charge in [-0.25, -0.2) is 9.38 Å². The molecule has 1 aliphatic rings. The molecule has 0 radical (unpaired) electrons. The van der Waals surface area contributed by atoms with Crippen molar-refractivity contribution in [1.82, 2.24) is 4.90 Å². The van der Waals surface area contributed by atoms with E-state index >= 15 is 0 Å². The average Bonchev–Trinajstić information content (AvgIpc) is 3.40. The standard InChI is InChI=1S/C23H20FN3O4S/c1-30-19-7-3-2-6-18(19)26-21(28)13-20-22(29)27(14-17-5-4-12-31-17)23(32-20)25-16-10-8-15(24)9-11-16/h2-12,20H,13-14H2,1H3,(H,26,28). The molecular weight excluding hydrogens is 433 g/mol. The largest absolute Gasteiger partial charge is 0.495 e. The highest BCUT2D eigenvalue weighted by Crippen LogP contribution is 2.33. The van der Waals surface area contributed by atoms with Gasteiger partial charge in [-0.05, 0) is 48.5 Å². The Morgan fingerprint density at radius 3 is 2.69 bits per heavy atom. The van der Waals surface area contributed by atoms with Crippen LogP contribution in [0, 0.1) is 5.82 Å². The number of amides is 2. The van der Waals surface area contributed by atoms with Crippen LogP contribution in [0.25, 0.3) is 0 Å². The third-order valence-electron chi connectivity index (χ3n) is 4.72. The number of hydrogen-bond donors (Lipinski definition) is 1. The molecule has 0 saturated carbocycles. The van der Waals surface area contributed by atoms with Gasteiger partial charge in [0.15, 0.2) is 5.17 Å². The van der Waals surface area contributed by atoms with Gasteiger partial charge in [-0.3, -0.25) is 14.5 Å². The lowest BCUT2D eigenvalue weighted by molar-refractivity contribution is -0.128. The summed E-state index contributed by atoms with van der Waals surface area (Å²) < 4.78 is 23.9. The van der Waals surface area contributed by atoms with Crippen LogP contribution < -0.4 is 10.1 Å². The molecule has 1 saturated heterocycles. The molecule has 1 aromatic heterocycles. The number of carbonyl (C=O) groups is 2. The summed E-state index contributed by atoms with van der Waals surface area (Å²) in [6, 6.07) is 16.2. The van der Waals surface area contributed by atoms with Crippen LogP contribution in [-0.2, 0) is 16.1 Å². The first-order chi connectivity index (χ1) is 15.5. The zero-order chi connectivity index (χ0) is 22.5. The van der Waals surface area contributed by atoms with Crippen LogP contribution in [0.4, 0.5) is 15.8 Å². The Labute approximate surface area is 188 Å². The van der Waals surface area contributed by atoms with Crippen LogP contribution in [0.3, 0.4) is 0 Å². The maximum Gasteiger partial charge on any atom is 0.243 e. The Kier molecular flexibility index (Phi) is 6.55. The Hall–Kier alpha value is -3.59. The second-order valence-electron chi connectivity index (χ2n) is 6.93. The van der Waals surface area contributed by atoms with Crippen LogP contribution >= 0.6 is 11.8 Å². The van der Waals surface area contributed by atoms with Crippen LogP contribution in [0.5, 0.6) is 5.75 Å². The molecule has 1 N–H and O–H groups in total. The number of aliphatic imine (C=N–C) groups is 1. The van der Waals surface area contributed by atoms with Crippen molar-refractivity contribution in [2.45, 2.75) is 18.2 Å². The monoisotopic (exact) mass is 453 g/mol. The van der Waals surface area contributed by atoms with Gasteiger partial charge in [0.2, 0.25) is 11.8 Å². The van der Waals surface area contributed by atoms with Crippen LogP contribution in [0.1, 0.15) is 12.2 Å². The highest BCUT2D eigenvalue weighted by molar-refractivity contribution is 8.15. The maximum absolute atomic E-state index is 13.2. The predicted octanol–water partition coefficient (Wildman–Crippen LogP) is 4.59. The number of ether oxygens (including phenoxy) is 1. The Balaban J connectivity index is 1.53. The minimum Gasteiger partial charge on any atom is -0.495 e. The van der Waals surface area contributed by atoms with Crippen LogP contribution in [0.15, 0.2) is 76.3 Å². The van der Waals surface area contributed by atoms with Gasteiger partial charge in [-0.1, -0.05) is 23.9 Å². The smallest absolute Gasteiger partial charge is 0.243 e. The Morgan fingerprint density at radius 1 is 1.19 bits per heavy atom. The number of rotatable bonds is 7. The molecule has 0 bridgehead atoms. The third kappa shape index (κ3) is 5.00. The second-order valence-corrected chi connectivity index (χ2v) is 8.10. The number of carbonyl (C=O) groups excluding carboxylic acids is 2. The lowest BCUT2D eigenvalue weighted by atomic mass is 10.2. The van der Waals surface area contributed by atoms with Gasteiger partial charge in [-0.2, -0.15) is 0 Å². The molecule has 1 atom stereocenters. The first-order valence-electron chi connectivity index (χ1n) is 9.81. The highest BCUT2D eigenvalue weighted by Gasteiger charge is 2.39. The molecule has 2 aromatic carbocycles. The molecule has 9 heteroatoms. The van der Waals surface area contributed by atoms with Gasteiger partial charge in [0.1, 0.15) is 22.6 Å². The zero-order valence-electron chi connectivity index (χ0n) is 17.2. The molecule has 2 heterocycles. The van der Waals surface area contributed by atoms with Crippen molar-refractivity contribution < 1.29 is 23.1 Å². The third-order valence-corrected chi connectivity index (χ3v) is 5.89. The van der Waals surface area contributed by atoms with Crippen molar-refractivity contribution in [2.75, 3.05) is 12.4 Å². The number of amidine groups is 1. The average molecular weight is 453 g/mol. The lowest BCUT2D eigenvalue weighted by Gasteiger charge is -2.15. The molecule has 0 spiro atoms. The fourth-order valence-electron chi connectivity index (χ4n) is 3.17. The van der Waals surface area contributed by atoms with Crippen molar-refractivity contribution in [1.29, 1.82) is 0 Å². The maximum atomic E-state index is 13.2. The summed E-state index contributed by atoms with van der Waals surface area (Å²) in [5.74, 6) is 0.181. The van der Waals surface area contributed by atoms with E-state index in [9.17, 15) is 14.0 Å². The summed E-state index contributed by atoms with van der Waals surface area (Å²) >= 11 is 1.20. The van der Waals surface area contributed by atoms with Gasteiger partial charge in [0.25, 0.3) is 0 Å². The molecule has 1 aliphatic heterocycles. The highest BCUT2D eigenvalue weighted by atomic mass is 32.2. The predicted molar refractivity (Wildman–Crippen MR) is 120 cm³/mol. The van der Waals surface area contributed by atoms with Crippen molar-refractivity contribution in [2.24, 2.45) is 4.99 Å². The number of halogens is 1. The number of anilines is 1. The lowest BCUT2D eigenvalue weighted by Crippen LogP contribution is -2.33. The van der Waals surface area contributed by atoms with E-state index in [4.69, 9.17) is 9.15 Å². The molecule has 32 heavy (non-hydrogen) atoms. The van der Waals surface area contributed by atoms with Crippen molar-refractivity contribution in [3.05, 3.63) is 78.5 Å². The molecule has 3 aromatic rings. The summed E-state index contributed by atoms with van der Waals surface area (Å²) in [7, 11) is 1.52. The van der Waals surface area contributed by atoms with Gasteiger partial charge in [0.05, 0.1) is 31.3 Å². The Morgan fingerprint density at radius 2 is 1.97 bits per heavy atom. The number of nitrogens with one attached hydrogen (secondary N) is 1.